The van der Waals surface area contributed by atoms with Gasteiger partial charge < -0.3 is 19.9 Å². The summed E-state index contributed by atoms with van der Waals surface area (Å²) in [5, 5.41) is 13.0. The first kappa shape index (κ1) is 20.8. The summed E-state index contributed by atoms with van der Waals surface area (Å²) in [7, 11) is 1.54. The van der Waals surface area contributed by atoms with Gasteiger partial charge in [0.1, 0.15) is 18.2 Å². The second-order valence-electron chi connectivity index (χ2n) is 7.08. The molecule has 27 heavy (non-hydrogen) atoms. The van der Waals surface area contributed by atoms with Gasteiger partial charge in [0.25, 0.3) is 5.91 Å². The minimum atomic E-state index is -1.02. The van der Waals surface area contributed by atoms with Crippen molar-refractivity contribution < 1.29 is 24.2 Å². The van der Waals surface area contributed by atoms with E-state index < -0.39 is 17.7 Å². The topological polar surface area (TPSA) is 88.1 Å². The van der Waals surface area contributed by atoms with Gasteiger partial charge >= 0.3 is 6.03 Å². The Morgan fingerprint density at radius 2 is 2.00 bits per heavy atom. The number of benzene rings is 1. The highest BCUT2D eigenvalue weighted by atomic mass is 16.5. The van der Waals surface area contributed by atoms with Crippen molar-refractivity contribution in [3.63, 3.8) is 0 Å². The number of aliphatic hydroxyl groups excluding tert-OH is 1. The summed E-state index contributed by atoms with van der Waals surface area (Å²) in [5.74, 6) is 0.622. The smallest absolute Gasteiger partial charge is 0.325 e. The lowest BCUT2D eigenvalue weighted by atomic mass is 9.88. The molecule has 1 aliphatic heterocycles. The van der Waals surface area contributed by atoms with Gasteiger partial charge in [0.15, 0.2) is 11.5 Å². The van der Waals surface area contributed by atoms with Crippen LogP contribution in [0.2, 0.25) is 0 Å². The van der Waals surface area contributed by atoms with E-state index in [0.29, 0.717) is 11.5 Å². The summed E-state index contributed by atoms with van der Waals surface area (Å²) < 4.78 is 11.0. The van der Waals surface area contributed by atoms with Crippen LogP contribution in [0.3, 0.4) is 0 Å². The molecule has 0 spiro atoms. The zero-order valence-electron chi connectivity index (χ0n) is 16.5. The van der Waals surface area contributed by atoms with Gasteiger partial charge in [-0.05, 0) is 37.5 Å². The molecule has 1 saturated heterocycles. The largest absolute Gasteiger partial charge is 0.493 e. The number of imide groups is 1. The summed E-state index contributed by atoms with van der Waals surface area (Å²) in [4.78, 5) is 25.7. The van der Waals surface area contributed by atoms with Crippen LogP contribution in [0.4, 0.5) is 4.79 Å². The fraction of sp³-hybridized carbons (Fsp3) is 0.500. The number of ether oxygens (including phenoxy) is 2. The zero-order valence-corrected chi connectivity index (χ0v) is 16.5. The number of rotatable bonds is 8. The summed E-state index contributed by atoms with van der Waals surface area (Å²) in [6, 6.07) is 4.96. The van der Waals surface area contributed by atoms with Crippen molar-refractivity contribution >= 4 is 18.0 Å². The quantitative estimate of drug-likeness (QED) is 0.681. The Morgan fingerprint density at radius 3 is 2.56 bits per heavy atom. The van der Waals surface area contributed by atoms with Crippen LogP contribution in [0.1, 0.15) is 33.3 Å². The maximum absolute atomic E-state index is 12.6. The zero-order chi connectivity index (χ0) is 20.2. The molecular weight excluding hydrogens is 348 g/mol. The van der Waals surface area contributed by atoms with E-state index in [-0.39, 0.29) is 25.0 Å². The van der Waals surface area contributed by atoms with Crippen LogP contribution in [-0.4, -0.2) is 53.8 Å². The van der Waals surface area contributed by atoms with E-state index in [1.807, 2.05) is 45.1 Å². The van der Waals surface area contributed by atoms with E-state index in [1.165, 1.54) is 7.11 Å². The minimum Gasteiger partial charge on any atom is -0.493 e. The van der Waals surface area contributed by atoms with E-state index in [0.717, 1.165) is 10.5 Å². The number of β-amino-alcohol motifs (C(OH)–C–C–N with tert-alkyl or cyclic N) is 1. The molecule has 1 heterocycles. The van der Waals surface area contributed by atoms with Gasteiger partial charge in [-0.25, -0.2) is 4.79 Å². The normalized spacial score (nSPS) is 21.1. The maximum atomic E-state index is 12.6. The molecule has 7 nitrogen and oxygen atoms in total. The number of nitrogens with one attached hydrogen (secondary N) is 1. The number of carbonyl (C=O) groups excluding carboxylic acids is 2. The van der Waals surface area contributed by atoms with Crippen molar-refractivity contribution in [1.29, 1.82) is 0 Å². The van der Waals surface area contributed by atoms with Crippen molar-refractivity contribution in [2.75, 3.05) is 20.3 Å². The van der Waals surface area contributed by atoms with E-state index in [2.05, 4.69) is 5.32 Å². The van der Waals surface area contributed by atoms with Crippen molar-refractivity contribution in [3.05, 3.63) is 29.8 Å². The number of hydrogen-bond acceptors (Lipinski definition) is 5. The molecule has 1 aliphatic rings. The van der Waals surface area contributed by atoms with Crippen molar-refractivity contribution in [2.45, 2.75) is 39.3 Å². The molecule has 148 valence electrons. The highest BCUT2D eigenvalue weighted by Gasteiger charge is 2.49. The third kappa shape index (κ3) is 4.42. The first-order valence-corrected chi connectivity index (χ1v) is 8.98. The lowest BCUT2D eigenvalue weighted by molar-refractivity contribution is -0.133. The van der Waals surface area contributed by atoms with E-state index in [9.17, 15) is 14.7 Å². The molecule has 2 N–H and O–H groups in total. The molecule has 0 unspecified atom stereocenters. The SMILES string of the molecule is C/C=C/c1ccc(OC[C@H](O)CN2C(=O)N[C@@](C)(C(C)C)C2=O)c(OC)c1. The van der Waals surface area contributed by atoms with Crippen LogP contribution in [0.5, 0.6) is 11.5 Å². The number of nitrogens with zero attached hydrogens (tertiary/aromatic N) is 1. The van der Waals surface area contributed by atoms with Crippen molar-refractivity contribution in [3.8, 4) is 11.5 Å². The Balaban J connectivity index is 2.00. The molecule has 7 heteroatoms. The van der Waals surface area contributed by atoms with E-state index in [1.54, 1.807) is 13.0 Å². The van der Waals surface area contributed by atoms with Gasteiger partial charge in [-0.3, -0.25) is 9.69 Å². The second-order valence-corrected chi connectivity index (χ2v) is 7.08. The van der Waals surface area contributed by atoms with Crippen molar-refractivity contribution in [2.24, 2.45) is 5.92 Å². The molecule has 1 fully saturated rings. The molecule has 1 aromatic carbocycles. The molecule has 0 bridgehead atoms. The third-order valence-corrected chi connectivity index (χ3v) is 4.83. The molecule has 0 aliphatic carbocycles. The number of hydrogen-bond donors (Lipinski definition) is 2. The molecular formula is C20H28N2O5. The van der Waals surface area contributed by atoms with Gasteiger partial charge in [0.05, 0.1) is 13.7 Å². The maximum Gasteiger partial charge on any atom is 0.325 e. The molecule has 2 rings (SSSR count). The fourth-order valence-electron chi connectivity index (χ4n) is 2.82. The number of aliphatic hydroxyl groups is 1. The van der Waals surface area contributed by atoms with Gasteiger partial charge in [-0.1, -0.05) is 32.1 Å². The molecule has 0 aromatic heterocycles. The Morgan fingerprint density at radius 1 is 1.30 bits per heavy atom. The number of urea groups is 1. The van der Waals surface area contributed by atoms with Gasteiger partial charge in [-0.15, -0.1) is 0 Å². The minimum absolute atomic E-state index is 0.0627. The van der Waals surface area contributed by atoms with Gasteiger partial charge in [0.2, 0.25) is 0 Å². The Kier molecular flexibility index (Phi) is 6.49. The first-order valence-electron chi connectivity index (χ1n) is 8.98. The highest BCUT2D eigenvalue weighted by molar-refractivity contribution is 6.07. The lowest BCUT2D eigenvalue weighted by Gasteiger charge is -2.26. The number of amides is 3. The average molecular weight is 376 g/mol. The molecule has 1 aromatic rings. The van der Waals surface area contributed by atoms with Crippen LogP contribution >= 0.6 is 0 Å². The fourth-order valence-corrected chi connectivity index (χ4v) is 2.82. The van der Waals surface area contributed by atoms with Crippen molar-refractivity contribution in [1.82, 2.24) is 10.2 Å². The number of carbonyl (C=O) groups is 2. The van der Waals surface area contributed by atoms with Crippen LogP contribution in [-0.2, 0) is 4.79 Å². The standard InChI is InChI=1S/C20H28N2O5/c1-6-7-14-8-9-16(17(10-14)26-5)27-12-15(23)11-22-18(24)20(4,13(2)3)21-19(22)25/h6-10,13,15,23H,11-12H2,1-5H3,(H,21,25)/b7-6+/t15-,20+/m1/s1. The predicted octanol–water partition coefficient (Wildman–Crippen LogP) is 2.43. The second kappa shape index (κ2) is 8.43. The van der Waals surface area contributed by atoms with Crippen LogP contribution < -0.4 is 14.8 Å². The molecule has 2 atom stereocenters. The van der Waals surface area contributed by atoms with E-state index >= 15 is 0 Å². The number of methoxy groups -OCH3 is 1. The van der Waals surface area contributed by atoms with Gasteiger partial charge in [0, 0.05) is 0 Å². The lowest BCUT2D eigenvalue weighted by Crippen LogP contribution is -2.49. The molecule has 0 radical (unpaired) electrons. The summed E-state index contributed by atoms with van der Waals surface area (Å²) in [6.45, 7) is 7.14. The third-order valence-electron chi connectivity index (χ3n) is 4.83. The summed E-state index contributed by atoms with van der Waals surface area (Å²) >= 11 is 0. The Labute approximate surface area is 159 Å². The first-order chi connectivity index (χ1) is 12.7. The Hall–Kier alpha value is -2.54. The highest BCUT2D eigenvalue weighted by Crippen LogP contribution is 2.29. The summed E-state index contributed by atoms with van der Waals surface area (Å²) in [6.07, 6.45) is 2.83. The predicted molar refractivity (Wildman–Crippen MR) is 103 cm³/mol. The van der Waals surface area contributed by atoms with Crippen LogP contribution in [0.15, 0.2) is 24.3 Å². The average Bonchev–Trinajstić information content (AvgIpc) is 2.85. The van der Waals surface area contributed by atoms with E-state index in [4.69, 9.17) is 9.47 Å². The van der Waals surface area contributed by atoms with Gasteiger partial charge in [-0.2, -0.15) is 0 Å². The van der Waals surface area contributed by atoms with Crippen LogP contribution in [0, 0.1) is 5.92 Å². The monoisotopic (exact) mass is 376 g/mol. The Bertz CT molecular complexity index is 731. The molecule has 3 amide bonds. The number of allylic oxidation sites excluding steroid dienone is 1. The summed E-state index contributed by atoms with van der Waals surface area (Å²) in [5.41, 5.74) is 0.0123. The van der Waals surface area contributed by atoms with Crippen LogP contribution in [0.25, 0.3) is 6.08 Å². The molecule has 0 saturated carbocycles.